The number of carboxylic acid groups (broad SMARTS) is 1. The van der Waals surface area contributed by atoms with E-state index in [0.29, 0.717) is 12.8 Å². The highest BCUT2D eigenvalue weighted by Crippen LogP contribution is 2.35. The third-order valence-corrected chi connectivity index (χ3v) is 5.69. The number of hydrogen-bond donors (Lipinski definition) is 2. The summed E-state index contributed by atoms with van der Waals surface area (Å²) < 4.78 is 21.5. The van der Waals surface area contributed by atoms with Crippen LogP contribution in [0.4, 0.5) is 0 Å². The molecule has 1 aliphatic rings. The summed E-state index contributed by atoms with van der Waals surface area (Å²) in [5.74, 6) is -1.63. The lowest BCUT2D eigenvalue weighted by molar-refractivity contribution is -0.140. The zero-order valence-corrected chi connectivity index (χ0v) is 11.6. The molecule has 0 aromatic heterocycles. The highest BCUT2D eigenvalue weighted by atomic mass is 32.2. The molecule has 0 aliphatic heterocycles. The summed E-state index contributed by atoms with van der Waals surface area (Å²) in [6.45, 7) is 2.65. The minimum absolute atomic E-state index is 0.168. The van der Waals surface area contributed by atoms with Gasteiger partial charge in [0.25, 0.3) is 0 Å². The van der Waals surface area contributed by atoms with Gasteiger partial charge < -0.3 is 10.4 Å². The van der Waals surface area contributed by atoms with Crippen molar-refractivity contribution in [3.8, 4) is 0 Å². The summed E-state index contributed by atoms with van der Waals surface area (Å²) in [6, 6.07) is 0. The van der Waals surface area contributed by atoms with Crippen LogP contribution in [0, 0.1) is 0 Å². The number of aliphatic carboxylic acids is 1. The van der Waals surface area contributed by atoms with Gasteiger partial charge in [-0.05, 0) is 33.1 Å². The van der Waals surface area contributed by atoms with E-state index in [9.17, 15) is 18.0 Å². The molecule has 0 heterocycles. The fourth-order valence-corrected chi connectivity index (χ4v) is 2.19. The fourth-order valence-electron chi connectivity index (χ4n) is 1.80. The van der Waals surface area contributed by atoms with Crippen molar-refractivity contribution in [1.29, 1.82) is 0 Å². The standard InChI is InChI=1S/C11H19NO5S/c1-10(2,18(3,16)17)9(15)12-11(5-4-6-11)7-8(13)14/h4-7H2,1-3H3,(H,12,15)(H,13,14). The molecule has 1 rings (SSSR count). The lowest BCUT2D eigenvalue weighted by Crippen LogP contribution is -2.60. The van der Waals surface area contributed by atoms with E-state index >= 15 is 0 Å². The van der Waals surface area contributed by atoms with Gasteiger partial charge in [-0.2, -0.15) is 0 Å². The number of carbonyl (C=O) groups excluding carboxylic acids is 1. The predicted molar refractivity (Wildman–Crippen MR) is 65.9 cm³/mol. The molecule has 1 saturated carbocycles. The maximum absolute atomic E-state index is 12.0. The maximum atomic E-state index is 12.0. The summed E-state index contributed by atoms with van der Waals surface area (Å²) >= 11 is 0. The maximum Gasteiger partial charge on any atom is 0.305 e. The van der Waals surface area contributed by atoms with Gasteiger partial charge in [0.15, 0.2) is 9.84 Å². The molecule has 0 unspecified atom stereocenters. The van der Waals surface area contributed by atoms with Crippen LogP contribution in [0.1, 0.15) is 39.5 Å². The Hall–Kier alpha value is -1.11. The first-order chi connectivity index (χ1) is 8.00. The molecule has 0 bridgehead atoms. The first-order valence-electron chi connectivity index (χ1n) is 5.74. The molecule has 7 heteroatoms. The lowest BCUT2D eigenvalue weighted by Gasteiger charge is -2.43. The molecule has 0 saturated heterocycles. The summed E-state index contributed by atoms with van der Waals surface area (Å²) in [7, 11) is -3.55. The monoisotopic (exact) mass is 277 g/mol. The molecule has 0 radical (unpaired) electrons. The minimum Gasteiger partial charge on any atom is -0.481 e. The van der Waals surface area contributed by atoms with Crippen LogP contribution >= 0.6 is 0 Å². The van der Waals surface area contributed by atoms with Crippen LogP contribution in [-0.2, 0) is 19.4 Å². The molecule has 104 valence electrons. The minimum atomic E-state index is -3.55. The average Bonchev–Trinajstić information content (AvgIpc) is 2.11. The van der Waals surface area contributed by atoms with Gasteiger partial charge >= 0.3 is 5.97 Å². The van der Waals surface area contributed by atoms with E-state index in [1.165, 1.54) is 13.8 Å². The van der Waals surface area contributed by atoms with Crippen molar-refractivity contribution in [2.24, 2.45) is 0 Å². The number of carbonyl (C=O) groups is 2. The Morgan fingerprint density at radius 3 is 2.11 bits per heavy atom. The highest BCUT2D eigenvalue weighted by Gasteiger charge is 2.46. The summed E-state index contributed by atoms with van der Waals surface area (Å²) in [5, 5.41) is 11.4. The van der Waals surface area contributed by atoms with Crippen LogP contribution in [0.3, 0.4) is 0 Å². The summed E-state index contributed by atoms with van der Waals surface area (Å²) in [6.07, 6.45) is 2.82. The predicted octanol–water partition coefficient (Wildman–Crippen LogP) is 0.323. The number of amides is 1. The number of carboxylic acids is 1. The normalized spacial score (nSPS) is 18.8. The Kier molecular flexibility index (Phi) is 3.76. The van der Waals surface area contributed by atoms with E-state index < -0.39 is 32.0 Å². The van der Waals surface area contributed by atoms with Crippen molar-refractivity contribution >= 4 is 21.7 Å². The lowest BCUT2D eigenvalue weighted by atomic mass is 9.74. The Morgan fingerprint density at radius 1 is 1.33 bits per heavy atom. The molecule has 0 aromatic rings. The first kappa shape index (κ1) is 14.9. The number of nitrogens with one attached hydrogen (secondary N) is 1. The van der Waals surface area contributed by atoms with Crippen molar-refractivity contribution < 1.29 is 23.1 Å². The molecule has 2 N–H and O–H groups in total. The van der Waals surface area contributed by atoms with Gasteiger partial charge in [-0.1, -0.05) is 0 Å². The van der Waals surface area contributed by atoms with Crippen molar-refractivity contribution in [2.45, 2.75) is 49.8 Å². The smallest absolute Gasteiger partial charge is 0.305 e. The Morgan fingerprint density at radius 2 is 1.83 bits per heavy atom. The van der Waals surface area contributed by atoms with Crippen LogP contribution in [0.5, 0.6) is 0 Å². The van der Waals surface area contributed by atoms with E-state index in [4.69, 9.17) is 5.11 Å². The van der Waals surface area contributed by atoms with Gasteiger partial charge in [0.05, 0.1) is 12.0 Å². The number of rotatable bonds is 5. The zero-order chi connectivity index (χ0) is 14.2. The topological polar surface area (TPSA) is 101 Å². The van der Waals surface area contributed by atoms with Crippen LogP contribution < -0.4 is 5.32 Å². The number of sulfone groups is 1. The van der Waals surface area contributed by atoms with E-state index in [1.54, 1.807) is 0 Å². The van der Waals surface area contributed by atoms with Gasteiger partial charge in [-0.25, -0.2) is 8.42 Å². The molecule has 0 atom stereocenters. The molecular formula is C11H19NO5S. The van der Waals surface area contributed by atoms with Gasteiger partial charge in [0.2, 0.25) is 5.91 Å². The summed E-state index contributed by atoms with van der Waals surface area (Å²) in [4.78, 5) is 22.8. The van der Waals surface area contributed by atoms with Crippen molar-refractivity contribution in [1.82, 2.24) is 5.32 Å². The Balaban J connectivity index is 2.84. The van der Waals surface area contributed by atoms with E-state index in [-0.39, 0.29) is 6.42 Å². The fraction of sp³-hybridized carbons (Fsp3) is 0.818. The van der Waals surface area contributed by atoms with Crippen molar-refractivity contribution in [3.05, 3.63) is 0 Å². The molecule has 1 fully saturated rings. The van der Waals surface area contributed by atoms with Crippen LogP contribution in [-0.4, -0.2) is 41.9 Å². The third-order valence-electron chi connectivity index (χ3n) is 3.65. The van der Waals surface area contributed by atoms with E-state index in [0.717, 1.165) is 12.7 Å². The van der Waals surface area contributed by atoms with E-state index in [1.807, 2.05) is 0 Å². The molecule has 18 heavy (non-hydrogen) atoms. The second kappa shape index (κ2) is 4.53. The van der Waals surface area contributed by atoms with Crippen LogP contribution in [0.2, 0.25) is 0 Å². The Labute approximate surface area is 107 Å². The second-order valence-electron chi connectivity index (χ2n) is 5.44. The Bertz CT molecular complexity index is 462. The molecular weight excluding hydrogens is 258 g/mol. The van der Waals surface area contributed by atoms with Crippen LogP contribution in [0.25, 0.3) is 0 Å². The highest BCUT2D eigenvalue weighted by molar-refractivity contribution is 7.92. The van der Waals surface area contributed by atoms with Crippen molar-refractivity contribution in [2.75, 3.05) is 6.26 Å². The third kappa shape index (κ3) is 2.82. The van der Waals surface area contributed by atoms with Crippen LogP contribution in [0.15, 0.2) is 0 Å². The van der Waals surface area contributed by atoms with Gasteiger partial charge in [0.1, 0.15) is 4.75 Å². The quantitative estimate of drug-likeness (QED) is 0.754. The zero-order valence-electron chi connectivity index (χ0n) is 10.8. The van der Waals surface area contributed by atoms with Gasteiger partial charge in [-0.15, -0.1) is 0 Å². The molecule has 0 spiro atoms. The van der Waals surface area contributed by atoms with Gasteiger partial charge in [-0.3, -0.25) is 9.59 Å². The average molecular weight is 277 g/mol. The van der Waals surface area contributed by atoms with Crippen molar-refractivity contribution in [3.63, 3.8) is 0 Å². The second-order valence-corrected chi connectivity index (χ2v) is 8.01. The van der Waals surface area contributed by atoms with Gasteiger partial charge in [0, 0.05) is 6.26 Å². The molecule has 1 aliphatic carbocycles. The molecule has 0 aromatic carbocycles. The molecule has 6 nitrogen and oxygen atoms in total. The summed E-state index contributed by atoms with van der Waals surface area (Å²) in [5.41, 5.74) is -0.773. The largest absolute Gasteiger partial charge is 0.481 e. The molecule has 1 amide bonds. The SMILES string of the molecule is CC(C)(C(=O)NC1(CC(=O)O)CCC1)S(C)(=O)=O. The number of hydrogen-bond acceptors (Lipinski definition) is 4. The van der Waals surface area contributed by atoms with E-state index in [2.05, 4.69) is 5.32 Å². The first-order valence-corrected chi connectivity index (χ1v) is 7.63.